The molecular weight excluding hydrogens is 226 g/mol. The smallest absolute Gasteiger partial charge is 0.317 e. The molecule has 7 nitrogen and oxygen atoms in total. The molecule has 7 heteroatoms. The fourth-order valence-corrected chi connectivity index (χ4v) is 1.95. The number of urea groups is 1. The minimum atomic E-state index is -0.864. The van der Waals surface area contributed by atoms with Crippen LogP contribution in [0.1, 0.15) is 12.8 Å². The maximum Gasteiger partial charge on any atom is 0.317 e. The predicted octanol–water partition coefficient (Wildman–Crippen LogP) is -1.01. The Labute approximate surface area is 98.2 Å². The summed E-state index contributed by atoms with van der Waals surface area (Å²) >= 11 is 0. The number of nitrogens with one attached hydrogen (secondary N) is 2. The summed E-state index contributed by atoms with van der Waals surface area (Å²) in [5, 5.41) is 14.1. The van der Waals surface area contributed by atoms with Gasteiger partial charge in [-0.15, -0.1) is 0 Å². The van der Waals surface area contributed by atoms with Gasteiger partial charge in [0.1, 0.15) is 0 Å². The first-order valence-corrected chi connectivity index (χ1v) is 5.61. The van der Waals surface area contributed by atoms with Crippen LogP contribution in [0.15, 0.2) is 0 Å². The summed E-state index contributed by atoms with van der Waals surface area (Å²) in [4.78, 5) is 34.5. The van der Waals surface area contributed by atoms with Crippen LogP contribution in [0.5, 0.6) is 0 Å². The monoisotopic (exact) mass is 241 g/mol. The molecule has 2 saturated heterocycles. The molecule has 2 aliphatic rings. The normalized spacial score (nSPS) is 24.1. The number of carbonyl (C=O) groups is 3. The van der Waals surface area contributed by atoms with E-state index < -0.39 is 11.9 Å². The number of rotatable bonds is 3. The lowest BCUT2D eigenvalue weighted by Crippen LogP contribution is -2.57. The van der Waals surface area contributed by atoms with Crippen molar-refractivity contribution < 1.29 is 19.5 Å². The number of nitrogens with zero attached hydrogens (tertiary/aromatic N) is 1. The van der Waals surface area contributed by atoms with Crippen LogP contribution in [0, 0.1) is 5.92 Å². The van der Waals surface area contributed by atoms with Crippen LogP contribution in [-0.2, 0) is 9.59 Å². The van der Waals surface area contributed by atoms with Gasteiger partial charge in [0.15, 0.2) is 0 Å². The summed E-state index contributed by atoms with van der Waals surface area (Å²) in [6.45, 7) is 0.926. The van der Waals surface area contributed by atoms with Gasteiger partial charge in [-0.1, -0.05) is 0 Å². The Morgan fingerprint density at radius 1 is 1.47 bits per heavy atom. The van der Waals surface area contributed by atoms with Gasteiger partial charge in [0, 0.05) is 32.1 Å². The maximum absolute atomic E-state index is 11.5. The maximum atomic E-state index is 11.5. The summed E-state index contributed by atoms with van der Waals surface area (Å²) in [5.74, 6) is -1.29. The first-order valence-electron chi connectivity index (χ1n) is 5.61. The molecule has 17 heavy (non-hydrogen) atoms. The molecule has 2 fully saturated rings. The fraction of sp³-hybridized carbons (Fsp3) is 0.700. The Balaban J connectivity index is 1.65. The zero-order chi connectivity index (χ0) is 12.4. The van der Waals surface area contributed by atoms with Gasteiger partial charge >= 0.3 is 12.0 Å². The van der Waals surface area contributed by atoms with Crippen LogP contribution in [0.3, 0.4) is 0 Å². The summed E-state index contributed by atoms with van der Waals surface area (Å²) in [6, 6.07) is -0.258. The van der Waals surface area contributed by atoms with E-state index >= 15 is 0 Å². The van der Waals surface area contributed by atoms with Gasteiger partial charge in [-0.05, 0) is 6.42 Å². The van der Waals surface area contributed by atoms with Gasteiger partial charge in [-0.3, -0.25) is 9.59 Å². The van der Waals surface area contributed by atoms with Gasteiger partial charge in [0.2, 0.25) is 5.91 Å². The fourth-order valence-electron chi connectivity index (χ4n) is 1.95. The third-order valence-corrected chi connectivity index (χ3v) is 3.10. The molecule has 2 heterocycles. The minimum absolute atomic E-state index is 0.00278. The number of carbonyl (C=O) groups excluding carboxylic acids is 2. The molecule has 0 aromatic heterocycles. The van der Waals surface area contributed by atoms with Crippen LogP contribution in [0.4, 0.5) is 4.79 Å². The third-order valence-electron chi connectivity index (χ3n) is 3.10. The summed E-state index contributed by atoms with van der Waals surface area (Å²) in [5.41, 5.74) is 0. The third kappa shape index (κ3) is 2.66. The lowest BCUT2D eigenvalue weighted by atomic mass is 10.0. The Morgan fingerprint density at radius 3 is 2.71 bits per heavy atom. The van der Waals surface area contributed by atoms with E-state index in [9.17, 15) is 14.4 Å². The summed E-state index contributed by atoms with van der Waals surface area (Å²) < 4.78 is 0. The van der Waals surface area contributed by atoms with Crippen LogP contribution in [-0.4, -0.2) is 53.6 Å². The molecule has 0 spiro atoms. The van der Waals surface area contributed by atoms with Crippen LogP contribution in [0.2, 0.25) is 0 Å². The van der Waals surface area contributed by atoms with E-state index in [1.165, 1.54) is 4.90 Å². The molecule has 0 bridgehead atoms. The molecule has 94 valence electrons. The molecule has 1 unspecified atom stereocenters. The Morgan fingerprint density at radius 2 is 2.18 bits per heavy atom. The highest BCUT2D eigenvalue weighted by molar-refractivity contribution is 5.80. The van der Waals surface area contributed by atoms with Crippen molar-refractivity contribution in [1.29, 1.82) is 0 Å². The minimum Gasteiger partial charge on any atom is -0.481 e. The van der Waals surface area contributed by atoms with Crippen LogP contribution >= 0.6 is 0 Å². The molecule has 0 aliphatic carbocycles. The Bertz CT molecular complexity index is 351. The zero-order valence-electron chi connectivity index (χ0n) is 9.31. The van der Waals surface area contributed by atoms with Crippen molar-refractivity contribution in [3.63, 3.8) is 0 Å². The molecule has 0 saturated carbocycles. The molecule has 0 radical (unpaired) electrons. The van der Waals surface area contributed by atoms with Crippen molar-refractivity contribution in [2.45, 2.75) is 18.9 Å². The number of hydrogen-bond acceptors (Lipinski definition) is 3. The lowest BCUT2D eigenvalue weighted by molar-refractivity contribution is -0.146. The van der Waals surface area contributed by atoms with E-state index in [-0.39, 0.29) is 31.1 Å². The highest BCUT2D eigenvalue weighted by Crippen LogP contribution is 2.15. The van der Waals surface area contributed by atoms with E-state index in [1.54, 1.807) is 0 Å². The number of aliphatic carboxylic acids is 1. The van der Waals surface area contributed by atoms with Crippen molar-refractivity contribution in [3.05, 3.63) is 0 Å². The van der Waals surface area contributed by atoms with Gasteiger partial charge in [0.25, 0.3) is 0 Å². The Kier molecular flexibility index (Phi) is 3.16. The van der Waals surface area contributed by atoms with Crippen molar-refractivity contribution in [2.75, 3.05) is 19.6 Å². The van der Waals surface area contributed by atoms with E-state index in [0.717, 1.165) is 6.42 Å². The lowest BCUT2D eigenvalue weighted by Gasteiger charge is -2.36. The van der Waals surface area contributed by atoms with Crippen molar-refractivity contribution in [2.24, 2.45) is 5.92 Å². The second-order valence-electron chi connectivity index (χ2n) is 4.43. The Hall–Kier alpha value is -1.79. The van der Waals surface area contributed by atoms with E-state index in [4.69, 9.17) is 5.11 Å². The first-order chi connectivity index (χ1) is 8.06. The average Bonchev–Trinajstić information content (AvgIpc) is 2.58. The number of carboxylic acid groups (broad SMARTS) is 1. The van der Waals surface area contributed by atoms with Crippen molar-refractivity contribution in [1.82, 2.24) is 15.5 Å². The van der Waals surface area contributed by atoms with Crippen molar-refractivity contribution >= 4 is 17.9 Å². The zero-order valence-corrected chi connectivity index (χ0v) is 9.31. The summed E-state index contributed by atoms with van der Waals surface area (Å²) in [6.07, 6.45) is 1.24. The molecule has 2 rings (SSSR count). The molecule has 2 aliphatic heterocycles. The largest absolute Gasteiger partial charge is 0.481 e. The number of amides is 3. The number of likely N-dealkylation sites (tertiary alicyclic amines) is 1. The standard InChI is InChI=1S/C10H15N3O4/c14-8-2-1-7(12-8)3-11-10(17)13-4-6(5-13)9(15)16/h6-7H,1-5H2,(H,11,17)(H,12,14)(H,15,16). The van der Waals surface area contributed by atoms with E-state index in [2.05, 4.69) is 10.6 Å². The molecule has 3 N–H and O–H groups in total. The summed E-state index contributed by atoms with van der Waals surface area (Å²) in [7, 11) is 0. The predicted molar refractivity (Wildman–Crippen MR) is 57.3 cm³/mol. The highest BCUT2D eigenvalue weighted by Gasteiger charge is 2.35. The molecule has 1 atom stereocenters. The van der Waals surface area contributed by atoms with Crippen molar-refractivity contribution in [3.8, 4) is 0 Å². The number of carboxylic acids is 1. The first kappa shape index (κ1) is 11.7. The molecule has 0 aromatic carbocycles. The van der Waals surface area contributed by atoms with Crippen LogP contribution < -0.4 is 10.6 Å². The average molecular weight is 241 g/mol. The van der Waals surface area contributed by atoms with Gasteiger partial charge < -0.3 is 20.6 Å². The van der Waals surface area contributed by atoms with Crippen LogP contribution in [0.25, 0.3) is 0 Å². The van der Waals surface area contributed by atoms with Gasteiger partial charge in [0.05, 0.1) is 5.92 Å². The van der Waals surface area contributed by atoms with E-state index in [0.29, 0.717) is 13.0 Å². The molecule has 0 aromatic rings. The van der Waals surface area contributed by atoms with Gasteiger partial charge in [-0.2, -0.15) is 0 Å². The quantitative estimate of drug-likeness (QED) is 0.589. The second-order valence-corrected chi connectivity index (χ2v) is 4.43. The van der Waals surface area contributed by atoms with E-state index in [1.807, 2.05) is 0 Å². The highest BCUT2D eigenvalue weighted by atomic mass is 16.4. The topological polar surface area (TPSA) is 98.7 Å². The second kappa shape index (κ2) is 4.60. The SMILES string of the molecule is O=C1CCC(CNC(=O)N2CC(C(=O)O)C2)N1. The molecule has 3 amide bonds. The van der Waals surface area contributed by atoms with Gasteiger partial charge in [-0.25, -0.2) is 4.79 Å². The number of hydrogen-bond donors (Lipinski definition) is 3. The molecular formula is C10H15N3O4.